The summed E-state index contributed by atoms with van der Waals surface area (Å²) in [6, 6.07) is 1.29. The molecule has 4 nitrogen and oxygen atoms in total. The van der Waals surface area contributed by atoms with Gasteiger partial charge in [0, 0.05) is 24.2 Å². The molecule has 3 rings (SSSR count). The van der Waals surface area contributed by atoms with Crippen LogP contribution in [-0.4, -0.2) is 58.1 Å². The molecule has 1 saturated carbocycles. The number of carbonyl (C=O) groups is 1. The van der Waals surface area contributed by atoms with E-state index in [9.17, 15) is 9.90 Å². The average Bonchev–Trinajstić information content (AvgIpc) is 3.19. The monoisotopic (exact) mass is 280 g/mol. The van der Waals surface area contributed by atoms with Gasteiger partial charge in [-0.3, -0.25) is 14.6 Å². The maximum atomic E-state index is 11.4. The van der Waals surface area contributed by atoms with E-state index in [0.29, 0.717) is 12.5 Å². The molecule has 1 N–H and O–H groups in total. The largest absolute Gasteiger partial charge is 0.481 e. The van der Waals surface area contributed by atoms with Crippen molar-refractivity contribution in [1.82, 2.24) is 9.80 Å². The second-order valence-corrected chi connectivity index (χ2v) is 7.15. The number of nitrogens with zero attached hydrogens (tertiary/aromatic N) is 2. The third-order valence-electron chi connectivity index (χ3n) is 5.49. The van der Waals surface area contributed by atoms with Crippen molar-refractivity contribution >= 4 is 5.97 Å². The number of hydrogen-bond donors (Lipinski definition) is 1. The molecule has 4 heteroatoms. The van der Waals surface area contributed by atoms with Crippen molar-refractivity contribution in [2.45, 2.75) is 75.9 Å². The minimum absolute atomic E-state index is 0.0990. The van der Waals surface area contributed by atoms with Gasteiger partial charge < -0.3 is 5.11 Å². The van der Waals surface area contributed by atoms with Crippen LogP contribution in [-0.2, 0) is 4.79 Å². The highest BCUT2D eigenvalue weighted by Gasteiger charge is 2.50. The molecular formula is C16H28N2O2. The van der Waals surface area contributed by atoms with Gasteiger partial charge >= 0.3 is 5.97 Å². The molecule has 2 atom stereocenters. The fourth-order valence-electron chi connectivity index (χ4n) is 4.42. The topological polar surface area (TPSA) is 43.8 Å². The normalized spacial score (nSPS) is 37.0. The molecule has 3 fully saturated rings. The molecule has 2 aliphatic heterocycles. The molecule has 0 amide bonds. The summed E-state index contributed by atoms with van der Waals surface area (Å²) in [7, 11) is 0. The Labute approximate surface area is 122 Å². The summed E-state index contributed by atoms with van der Waals surface area (Å²) in [6.07, 6.45) is 9.07. The van der Waals surface area contributed by atoms with E-state index in [4.69, 9.17) is 0 Å². The fraction of sp³-hybridized carbons (Fsp3) is 0.938. The Morgan fingerprint density at radius 2 is 1.85 bits per heavy atom. The minimum atomic E-state index is -0.626. The van der Waals surface area contributed by atoms with Gasteiger partial charge in [-0.1, -0.05) is 12.8 Å². The maximum absolute atomic E-state index is 11.4. The van der Waals surface area contributed by atoms with E-state index in [1.165, 1.54) is 38.5 Å². The van der Waals surface area contributed by atoms with Gasteiger partial charge in [0.2, 0.25) is 0 Å². The third-order valence-corrected chi connectivity index (χ3v) is 5.49. The average molecular weight is 280 g/mol. The predicted molar refractivity (Wildman–Crippen MR) is 78.8 cm³/mol. The first-order chi connectivity index (χ1) is 9.61. The van der Waals surface area contributed by atoms with Gasteiger partial charge in [-0.15, -0.1) is 0 Å². The first-order valence-corrected chi connectivity index (χ1v) is 8.33. The predicted octanol–water partition coefficient (Wildman–Crippen LogP) is 2.33. The number of carboxylic acids is 1. The van der Waals surface area contributed by atoms with Crippen molar-refractivity contribution in [3.63, 3.8) is 0 Å². The van der Waals surface area contributed by atoms with Crippen LogP contribution in [0.25, 0.3) is 0 Å². The highest BCUT2D eigenvalue weighted by atomic mass is 16.4. The Hall–Kier alpha value is -0.610. The summed E-state index contributed by atoms with van der Waals surface area (Å²) < 4.78 is 0. The zero-order valence-corrected chi connectivity index (χ0v) is 12.7. The van der Waals surface area contributed by atoms with Gasteiger partial charge in [-0.2, -0.15) is 0 Å². The third kappa shape index (κ3) is 2.86. The summed E-state index contributed by atoms with van der Waals surface area (Å²) in [5.74, 6) is -0.626. The lowest BCUT2D eigenvalue weighted by Gasteiger charge is -2.40. The minimum Gasteiger partial charge on any atom is -0.481 e. The van der Waals surface area contributed by atoms with Crippen molar-refractivity contribution in [3.05, 3.63) is 0 Å². The second-order valence-electron chi connectivity index (χ2n) is 7.15. The number of hydrogen-bond acceptors (Lipinski definition) is 3. The van der Waals surface area contributed by atoms with Crippen LogP contribution in [0.1, 0.15) is 58.3 Å². The molecule has 0 spiro atoms. The fourth-order valence-corrected chi connectivity index (χ4v) is 4.42. The first kappa shape index (κ1) is 14.3. The molecule has 0 radical (unpaired) electrons. The highest BCUT2D eigenvalue weighted by Crippen LogP contribution is 2.42. The quantitative estimate of drug-likeness (QED) is 0.858. The Balaban J connectivity index is 1.78. The van der Waals surface area contributed by atoms with Crippen LogP contribution in [0.2, 0.25) is 0 Å². The molecule has 2 heterocycles. The van der Waals surface area contributed by atoms with Crippen LogP contribution in [0, 0.1) is 0 Å². The smallest absolute Gasteiger partial charge is 0.305 e. The maximum Gasteiger partial charge on any atom is 0.305 e. The van der Waals surface area contributed by atoms with Crippen molar-refractivity contribution in [2.75, 3.05) is 19.6 Å². The van der Waals surface area contributed by atoms with Crippen LogP contribution in [0.3, 0.4) is 0 Å². The van der Waals surface area contributed by atoms with Gasteiger partial charge in [0.25, 0.3) is 0 Å². The van der Waals surface area contributed by atoms with Crippen LogP contribution in [0.5, 0.6) is 0 Å². The zero-order valence-electron chi connectivity index (χ0n) is 12.7. The Bertz CT molecular complexity index is 361. The first-order valence-electron chi connectivity index (χ1n) is 8.33. The lowest BCUT2D eigenvalue weighted by Crippen LogP contribution is -2.52. The van der Waals surface area contributed by atoms with Gasteiger partial charge in [0.05, 0.1) is 6.42 Å². The van der Waals surface area contributed by atoms with E-state index in [0.717, 1.165) is 32.1 Å². The Morgan fingerprint density at radius 3 is 2.40 bits per heavy atom. The van der Waals surface area contributed by atoms with Gasteiger partial charge in [0.15, 0.2) is 0 Å². The number of aliphatic carboxylic acids is 1. The van der Waals surface area contributed by atoms with Crippen molar-refractivity contribution in [3.8, 4) is 0 Å². The SMILES string of the molecule is CC1CC(CC(=O)O)(N2CCCCCC2)CN1C1CC1. The molecule has 0 aromatic rings. The molecule has 20 heavy (non-hydrogen) atoms. The standard InChI is InChI=1S/C16H28N2O2/c1-13-10-16(11-15(19)20,12-18(13)14-6-7-14)17-8-4-2-3-5-9-17/h13-14H,2-12H2,1H3,(H,19,20). The van der Waals surface area contributed by atoms with E-state index < -0.39 is 5.97 Å². The molecule has 3 aliphatic rings. The molecule has 0 aromatic carbocycles. The highest BCUT2D eigenvalue weighted by molar-refractivity contribution is 5.68. The molecule has 0 aromatic heterocycles. The molecule has 114 valence electrons. The van der Waals surface area contributed by atoms with E-state index in [2.05, 4.69) is 16.7 Å². The summed E-state index contributed by atoms with van der Waals surface area (Å²) in [6.45, 7) is 5.46. The molecule has 2 saturated heterocycles. The van der Waals surface area contributed by atoms with Crippen LogP contribution in [0.4, 0.5) is 0 Å². The van der Waals surface area contributed by atoms with Crippen LogP contribution in [0.15, 0.2) is 0 Å². The van der Waals surface area contributed by atoms with Crippen molar-refractivity contribution < 1.29 is 9.90 Å². The number of carboxylic acid groups (broad SMARTS) is 1. The number of likely N-dealkylation sites (tertiary alicyclic amines) is 2. The van der Waals surface area contributed by atoms with Crippen LogP contribution < -0.4 is 0 Å². The molecule has 1 aliphatic carbocycles. The van der Waals surface area contributed by atoms with Crippen LogP contribution >= 0.6 is 0 Å². The van der Waals surface area contributed by atoms with Gasteiger partial charge in [-0.05, 0) is 52.1 Å². The Kier molecular flexibility index (Phi) is 4.04. The van der Waals surface area contributed by atoms with Gasteiger partial charge in [-0.25, -0.2) is 0 Å². The zero-order chi connectivity index (χ0) is 14.2. The summed E-state index contributed by atoms with van der Waals surface area (Å²) in [5.41, 5.74) is -0.0990. The molecular weight excluding hydrogens is 252 g/mol. The Morgan fingerprint density at radius 1 is 1.20 bits per heavy atom. The van der Waals surface area contributed by atoms with E-state index >= 15 is 0 Å². The van der Waals surface area contributed by atoms with Crippen molar-refractivity contribution in [2.24, 2.45) is 0 Å². The van der Waals surface area contributed by atoms with Crippen molar-refractivity contribution in [1.29, 1.82) is 0 Å². The van der Waals surface area contributed by atoms with E-state index in [1.807, 2.05) is 0 Å². The summed E-state index contributed by atoms with van der Waals surface area (Å²) >= 11 is 0. The summed E-state index contributed by atoms with van der Waals surface area (Å²) in [4.78, 5) is 16.6. The second kappa shape index (κ2) is 5.64. The van der Waals surface area contributed by atoms with E-state index in [1.54, 1.807) is 0 Å². The molecule has 2 unspecified atom stereocenters. The lowest BCUT2D eigenvalue weighted by molar-refractivity contribution is -0.140. The number of rotatable bonds is 4. The molecule has 0 bridgehead atoms. The summed E-state index contributed by atoms with van der Waals surface area (Å²) in [5, 5.41) is 9.42. The van der Waals surface area contributed by atoms with Gasteiger partial charge in [0.1, 0.15) is 0 Å². The lowest BCUT2D eigenvalue weighted by atomic mass is 9.89. The van der Waals surface area contributed by atoms with E-state index in [-0.39, 0.29) is 5.54 Å².